The molecule has 0 amide bonds. The van der Waals surface area contributed by atoms with Gasteiger partial charge in [0.25, 0.3) is 0 Å². The van der Waals surface area contributed by atoms with Crippen LogP contribution in [0.15, 0.2) is 78.9 Å². The van der Waals surface area contributed by atoms with Gasteiger partial charge in [-0.25, -0.2) is 9.18 Å². The molecule has 0 heterocycles. The molecular formula is C23H17FO3. The molecule has 0 radical (unpaired) electrons. The molecule has 3 aromatic carbocycles. The van der Waals surface area contributed by atoms with Crippen LogP contribution in [0.25, 0.3) is 6.08 Å². The number of carbonyl (C=O) groups is 2. The first kappa shape index (κ1) is 18.3. The summed E-state index contributed by atoms with van der Waals surface area (Å²) < 4.78 is 18.8. The first-order valence-electron chi connectivity index (χ1n) is 8.39. The van der Waals surface area contributed by atoms with Gasteiger partial charge in [-0.3, -0.25) is 4.79 Å². The third-order valence-electron chi connectivity index (χ3n) is 3.95. The summed E-state index contributed by atoms with van der Waals surface area (Å²) in [5.74, 6) is -1.35. The third-order valence-corrected chi connectivity index (χ3v) is 3.95. The van der Waals surface area contributed by atoms with E-state index in [1.54, 1.807) is 24.3 Å². The maximum atomic E-state index is 13.6. The number of esters is 1. The first-order valence-corrected chi connectivity index (χ1v) is 8.39. The lowest BCUT2D eigenvalue weighted by Gasteiger charge is -2.05. The quantitative estimate of drug-likeness (QED) is 0.270. The van der Waals surface area contributed by atoms with Crippen LogP contribution in [0, 0.1) is 12.7 Å². The molecule has 0 N–H and O–H groups in total. The molecule has 0 saturated carbocycles. The Kier molecular flexibility index (Phi) is 5.57. The van der Waals surface area contributed by atoms with Crippen LogP contribution in [0.5, 0.6) is 5.75 Å². The molecule has 134 valence electrons. The van der Waals surface area contributed by atoms with E-state index in [9.17, 15) is 14.0 Å². The fraction of sp³-hybridized carbons (Fsp3) is 0.0435. The summed E-state index contributed by atoms with van der Waals surface area (Å²) >= 11 is 0. The number of carbonyl (C=O) groups excluding carboxylic acids is 2. The Balaban J connectivity index is 1.66. The van der Waals surface area contributed by atoms with Crippen molar-refractivity contribution in [1.82, 2.24) is 0 Å². The van der Waals surface area contributed by atoms with Crippen molar-refractivity contribution in [1.29, 1.82) is 0 Å². The molecule has 27 heavy (non-hydrogen) atoms. The zero-order valence-corrected chi connectivity index (χ0v) is 14.7. The van der Waals surface area contributed by atoms with Gasteiger partial charge >= 0.3 is 5.97 Å². The van der Waals surface area contributed by atoms with Crippen molar-refractivity contribution in [2.45, 2.75) is 6.92 Å². The van der Waals surface area contributed by atoms with Crippen LogP contribution in [-0.2, 0) is 0 Å². The van der Waals surface area contributed by atoms with Gasteiger partial charge in [-0.05, 0) is 55.0 Å². The van der Waals surface area contributed by atoms with E-state index in [2.05, 4.69) is 0 Å². The number of benzene rings is 3. The lowest BCUT2D eigenvalue weighted by molar-refractivity contribution is 0.0730. The molecule has 3 aromatic rings. The number of rotatable bonds is 5. The van der Waals surface area contributed by atoms with Gasteiger partial charge < -0.3 is 4.74 Å². The molecule has 0 aromatic heterocycles. The van der Waals surface area contributed by atoms with E-state index < -0.39 is 11.8 Å². The minimum atomic E-state index is -0.786. The van der Waals surface area contributed by atoms with Crippen LogP contribution in [0.1, 0.15) is 31.8 Å². The van der Waals surface area contributed by atoms with E-state index in [1.165, 1.54) is 36.4 Å². The Morgan fingerprint density at radius 2 is 1.56 bits per heavy atom. The molecule has 0 aliphatic heterocycles. The lowest BCUT2D eigenvalue weighted by Crippen LogP contribution is -2.10. The van der Waals surface area contributed by atoms with Gasteiger partial charge in [-0.2, -0.15) is 0 Å². The highest BCUT2D eigenvalue weighted by Gasteiger charge is 2.13. The smallest absolute Gasteiger partial charge is 0.346 e. The molecule has 0 atom stereocenters. The minimum Gasteiger partial charge on any atom is -0.423 e. The number of halogens is 1. The van der Waals surface area contributed by atoms with Gasteiger partial charge in [0.15, 0.2) is 5.78 Å². The highest BCUT2D eigenvalue weighted by Crippen LogP contribution is 2.16. The molecule has 0 saturated heterocycles. The Morgan fingerprint density at radius 3 is 2.22 bits per heavy atom. The molecule has 0 unspecified atom stereocenters. The second-order valence-electron chi connectivity index (χ2n) is 6.00. The van der Waals surface area contributed by atoms with E-state index in [0.717, 1.165) is 11.1 Å². The highest BCUT2D eigenvalue weighted by atomic mass is 19.1. The summed E-state index contributed by atoms with van der Waals surface area (Å²) in [5.41, 5.74) is 2.41. The number of allylic oxidation sites excluding steroid dienone is 1. The van der Waals surface area contributed by atoms with E-state index in [1.807, 2.05) is 31.2 Å². The van der Waals surface area contributed by atoms with Crippen LogP contribution in [0.4, 0.5) is 4.39 Å². The fourth-order valence-electron chi connectivity index (χ4n) is 2.42. The maximum absolute atomic E-state index is 13.6. The van der Waals surface area contributed by atoms with Crippen molar-refractivity contribution in [3.05, 3.63) is 107 Å². The Morgan fingerprint density at radius 1 is 0.889 bits per heavy atom. The van der Waals surface area contributed by atoms with Gasteiger partial charge in [-0.1, -0.05) is 48.0 Å². The van der Waals surface area contributed by atoms with E-state index >= 15 is 0 Å². The van der Waals surface area contributed by atoms with E-state index in [4.69, 9.17) is 4.74 Å². The van der Waals surface area contributed by atoms with Crippen molar-refractivity contribution < 1.29 is 18.7 Å². The predicted molar refractivity (Wildman–Crippen MR) is 102 cm³/mol. The topological polar surface area (TPSA) is 43.4 Å². The van der Waals surface area contributed by atoms with Gasteiger partial charge in [0.05, 0.1) is 5.56 Å². The van der Waals surface area contributed by atoms with Crippen molar-refractivity contribution in [2.75, 3.05) is 0 Å². The molecule has 3 rings (SSSR count). The van der Waals surface area contributed by atoms with E-state index in [0.29, 0.717) is 5.56 Å². The highest BCUT2D eigenvalue weighted by molar-refractivity contribution is 6.06. The van der Waals surface area contributed by atoms with Gasteiger partial charge in [0.2, 0.25) is 0 Å². The summed E-state index contributed by atoms with van der Waals surface area (Å²) in [6, 6.07) is 19.6. The van der Waals surface area contributed by atoms with Crippen molar-refractivity contribution in [2.24, 2.45) is 0 Å². The second kappa shape index (κ2) is 8.23. The molecule has 0 aliphatic rings. The number of hydrogen-bond acceptors (Lipinski definition) is 3. The van der Waals surface area contributed by atoms with Crippen LogP contribution in [0.2, 0.25) is 0 Å². The number of ether oxygens (including phenoxy) is 1. The summed E-state index contributed by atoms with van der Waals surface area (Å²) in [6.45, 7) is 2.00. The number of aryl methyl sites for hydroxylation is 1. The average Bonchev–Trinajstić information content (AvgIpc) is 2.68. The van der Waals surface area contributed by atoms with Crippen LogP contribution in [-0.4, -0.2) is 11.8 Å². The molecule has 0 fully saturated rings. The van der Waals surface area contributed by atoms with Gasteiger partial charge in [-0.15, -0.1) is 0 Å². The summed E-state index contributed by atoms with van der Waals surface area (Å²) in [5, 5.41) is 0. The second-order valence-corrected chi connectivity index (χ2v) is 6.00. The molecule has 0 bridgehead atoms. The van der Waals surface area contributed by atoms with Crippen LogP contribution >= 0.6 is 0 Å². The minimum absolute atomic E-state index is 0.140. The molecule has 0 spiro atoms. The molecule has 3 nitrogen and oxygen atoms in total. The maximum Gasteiger partial charge on any atom is 0.346 e. The predicted octanol–water partition coefficient (Wildman–Crippen LogP) is 5.25. The average molecular weight is 360 g/mol. The Hall–Kier alpha value is -3.53. The summed E-state index contributed by atoms with van der Waals surface area (Å²) in [4.78, 5) is 24.2. The van der Waals surface area contributed by atoms with Crippen LogP contribution in [0.3, 0.4) is 0 Å². The zero-order valence-electron chi connectivity index (χ0n) is 14.7. The Labute approximate surface area is 156 Å². The zero-order chi connectivity index (χ0) is 19.2. The summed E-state index contributed by atoms with van der Waals surface area (Å²) in [7, 11) is 0. The Bertz CT molecular complexity index is 987. The van der Waals surface area contributed by atoms with E-state index in [-0.39, 0.29) is 17.1 Å². The third kappa shape index (κ3) is 4.76. The van der Waals surface area contributed by atoms with Gasteiger partial charge in [0.1, 0.15) is 11.6 Å². The number of ketones is 1. The van der Waals surface area contributed by atoms with Gasteiger partial charge in [0, 0.05) is 5.56 Å². The standard InChI is InChI=1S/C23H17FO3/c1-16-6-8-17(9-7-16)10-15-22(25)18-11-13-19(14-12-18)27-23(26)20-4-2-3-5-21(20)24/h2-15H,1H3/b15-10+. The van der Waals surface area contributed by atoms with Crippen molar-refractivity contribution >= 4 is 17.8 Å². The SMILES string of the molecule is Cc1ccc(/C=C/C(=O)c2ccc(OC(=O)c3ccccc3F)cc2)cc1. The molecule has 0 aliphatic carbocycles. The fourth-order valence-corrected chi connectivity index (χ4v) is 2.42. The molecule has 4 heteroatoms. The summed E-state index contributed by atoms with van der Waals surface area (Å²) in [6.07, 6.45) is 3.24. The molecular weight excluding hydrogens is 343 g/mol. The first-order chi connectivity index (χ1) is 13.0. The number of hydrogen-bond donors (Lipinski definition) is 0. The monoisotopic (exact) mass is 360 g/mol. The lowest BCUT2D eigenvalue weighted by atomic mass is 10.1. The largest absolute Gasteiger partial charge is 0.423 e. The van der Waals surface area contributed by atoms with Crippen molar-refractivity contribution in [3.8, 4) is 5.75 Å². The van der Waals surface area contributed by atoms with Crippen molar-refractivity contribution in [3.63, 3.8) is 0 Å². The van der Waals surface area contributed by atoms with Crippen LogP contribution < -0.4 is 4.74 Å². The normalized spacial score (nSPS) is 10.7.